The van der Waals surface area contributed by atoms with Crippen LogP contribution in [0.5, 0.6) is 12.1 Å². The fourth-order valence-electron chi connectivity index (χ4n) is 1.04. The molecule has 0 aliphatic rings. The molecule has 0 aliphatic carbocycles. The van der Waals surface area contributed by atoms with E-state index in [2.05, 4.69) is 20.4 Å². The van der Waals surface area contributed by atoms with Crippen molar-refractivity contribution in [3.05, 3.63) is 18.3 Å². The summed E-state index contributed by atoms with van der Waals surface area (Å²) in [6, 6.07) is 0.218. The Balaban J connectivity index is 2.04. The van der Waals surface area contributed by atoms with Crippen LogP contribution < -0.4 is 10.1 Å². The van der Waals surface area contributed by atoms with Crippen molar-refractivity contribution in [2.75, 3.05) is 7.05 Å². The summed E-state index contributed by atoms with van der Waals surface area (Å²) >= 11 is 0. The molecule has 7 nitrogen and oxygen atoms in total. The molecule has 0 bridgehead atoms. The first-order chi connectivity index (χ1) is 7.28. The largest absolute Gasteiger partial charge is 0.417 e. The molecule has 0 aliphatic heterocycles. The van der Waals surface area contributed by atoms with Gasteiger partial charge in [0.05, 0.1) is 5.69 Å². The zero-order chi connectivity index (χ0) is 10.7. The molecule has 0 radical (unpaired) electrons. The van der Waals surface area contributed by atoms with E-state index >= 15 is 0 Å². The maximum absolute atomic E-state index is 5.18. The Morgan fingerprint density at radius 3 is 3.13 bits per heavy atom. The Kier molecular flexibility index (Phi) is 2.64. The fourth-order valence-corrected chi connectivity index (χ4v) is 1.04. The quantitative estimate of drug-likeness (QED) is 0.781. The monoisotopic (exact) mass is 209 g/mol. The van der Waals surface area contributed by atoms with E-state index in [0.717, 1.165) is 5.69 Å². The van der Waals surface area contributed by atoms with Crippen LogP contribution in [0.1, 0.15) is 5.69 Å². The van der Waals surface area contributed by atoms with Crippen LogP contribution in [0.4, 0.5) is 0 Å². The van der Waals surface area contributed by atoms with Crippen LogP contribution in [-0.2, 0) is 13.6 Å². The van der Waals surface area contributed by atoms with Gasteiger partial charge in [0.2, 0.25) is 0 Å². The minimum atomic E-state index is 0.145. The molecule has 0 saturated heterocycles. The third-order valence-electron chi connectivity index (χ3n) is 1.65. The van der Waals surface area contributed by atoms with E-state index in [-0.39, 0.29) is 12.1 Å². The number of aromatic nitrogens is 4. The Morgan fingerprint density at radius 1 is 1.60 bits per heavy atom. The molecule has 0 atom stereocenters. The molecule has 0 amide bonds. The van der Waals surface area contributed by atoms with Gasteiger partial charge in [0.25, 0.3) is 0 Å². The minimum Gasteiger partial charge on any atom is -0.417 e. The maximum atomic E-state index is 5.18. The SMILES string of the molecule is CNCc1coc(Oc2ncn(C)n2)n1. The molecule has 0 saturated carbocycles. The molecule has 2 aromatic rings. The van der Waals surface area contributed by atoms with Crippen molar-refractivity contribution >= 4 is 0 Å². The summed E-state index contributed by atoms with van der Waals surface area (Å²) in [5.74, 6) is 0. The van der Waals surface area contributed by atoms with Crippen molar-refractivity contribution in [3.63, 3.8) is 0 Å². The normalized spacial score (nSPS) is 10.5. The van der Waals surface area contributed by atoms with Gasteiger partial charge in [-0.15, -0.1) is 5.10 Å². The van der Waals surface area contributed by atoms with E-state index in [1.807, 2.05) is 7.05 Å². The molecule has 7 heteroatoms. The number of rotatable bonds is 4. The van der Waals surface area contributed by atoms with Gasteiger partial charge in [-0.2, -0.15) is 9.97 Å². The van der Waals surface area contributed by atoms with Crippen LogP contribution in [0.15, 0.2) is 17.0 Å². The van der Waals surface area contributed by atoms with Crippen LogP contribution in [-0.4, -0.2) is 26.8 Å². The lowest BCUT2D eigenvalue weighted by Crippen LogP contribution is -2.04. The minimum absolute atomic E-state index is 0.145. The van der Waals surface area contributed by atoms with Crippen molar-refractivity contribution < 1.29 is 9.15 Å². The summed E-state index contributed by atoms with van der Waals surface area (Å²) in [4.78, 5) is 7.94. The lowest BCUT2D eigenvalue weighted by molar-refractivity contribution is 0.311. The molecule has 0 fully saturated rings. The van der Waals surface area contributed by atoms with Gasteiger partial charge in [-0.1, -0.05) is 0 Å². The number of aryl methyl sites for hydroxylation is 1. The molecule has 0 spiro atoms. The molecule has 2 rings (SSSR count). The third-order valence-corrected chi connectivity index (χ3v) is 1.65. The van der Waals surface area contributed by atoms with Crippen molar-refractivity contribution in [2.45, 2.75) is 6.54 Å². The summed E-state index contributed by atoms with van der Waals surface area (Å²) in [5, 5.41) is 6.88. The molecule has 15 heavy (non-hydrogen) atoms. The number of ether oxygens (including phenoxy) is 1. The van der Waals surface area contributed by atoms with Gasteiger partial charge in [0.15, 0.2) is 0 Å². The smallest absolute Gasteiger partial charge is 0.401 e. The van der Waals surface area contributed by atoms with E-state index in [1.54, 1.807) is 7.05 Å². The van der Waals surface area contributed by atoms with Crippen LogP contribution in [0.25, 0.3) is 0 Å². The van der Waals surface area contributed by atoms with E-state index in [1.165, 1.54) is 17.3 Å². The standard InChI is InChI=1S/C8H11N5O2/c1-9-3-6-4-14-8(11-6)15-7-10-5-13(2)12-7/h4-5,9H,3H2,1-2H3. The van der Waals surface area contributed by atoms with Crippen molar-refractivity contribution in [1.82, 2.24) is 25.1 Å². The Bertz CT molecular complexity index is 436. The van der Waals surface area contributed by atoms with Gasteiger partial charge in [-0.05, 0) is 7.05 Å². The molecular weight excluding hydrogens is 198 g/mol. The highest BCUT2D eigenvalue weighted by Crippen LogP contribution is 2.15. The zero-order valence-electron chi connectivity index (χ0n) is 8.47. The first-order valence-electron chi connectivity index (χ1n) is 4.40. The van der Waals surface area contributed by atoms with Gasteiger partial charge in [0, 0.05) is 13.6 Å². The predicted molar refractivity (Wildman–Crippen MR) is 50.3 cm³/mol. The van der Waals surface area contributed by atoms with Crippen molar-refractivity contribution in [3.8, 4) is 12.1 Å². The highest BCUT2D eigenvalue weighted by molar-refractivity contribution is 5.04. The molecule has 0 unspecified atom stereocenters. The van der Waals surface area contributed by atoms with E-state index in [4.69, 9.17) is 9.15 Å². The number of hydrogen-bond donors (Lipinski definition) is 1. The highest BCUT2D eigenvalue weighted by Gasteiger charge is 2.08. The van der Waals surface area contributed by atoms with E-state index in [0.29, 0.717) is 6.54 Å². The van der Waals surface area contributed by atoms with Gasteiger partial charge < -0.3 is 14.5 Å². The van der Waals surface area contributed by atoms with Crippen LogP contribution in [0, 0.1) is 0 Å². The number of hydrogen-bond acceptors (Lipinski definition) is 6. The molecule has 0 aromatic carbocycles. The molecule has 2 heterocycles. The Labute approximate surface area is 86.1 Å². The van der Waals surface area contributed by atoms with Gasteiger partial charge in [-0.3, -0.25) is 4.68 Å². The molecule has 1 N–H and O–H groups in total. The summed E-state index contributed by atoms with van der Waals surface area (Å²) < 4.78 is 11.8. The first-order valence-corrected chi connectivity index (χ1v) is 4.40. The second kappa shape index (κ2) is 4.09. The molecule has 80 valence electrons. The topological polar surface area (TPSA) is 78.0 Å². The lowest BCUT2D eigenvalue weighted by Gasteiger charge is -1.91. The van der Waals surface area contributed by atoms with Crippen molar-refractivity contribution in [2.24, 2.45) is 7.05 Å². The predicted octanol–water partition coefficient (Wildman–Crippen LogP) is 0.315. The summed E-state index contributed by atoms with van der Waals surface area (Å²) in [6.07, 6.45) is 3.20. The van der Waals surface area contributed by atoms with Gasteiger partial charge in [0.1, 0.15) is 12.6 Å². The third kappa shape index (κ3) is 2.32. The average Bonchev–Trinajstić information content (AvgIpc) is 2.78. The average molecular weight is 209 g/mol. The van der Waals surface area contributed by atoms with Crippen LogP contribution in [0.2, 0.25) is 0 Å². The number of oxazole rings is 1. The highest BCUT2D eigenvalue weighted by atomic mass is 16.6. The second-order valence-corrected chi connectivity index (χ2v) is 2.94. The fraction of sp³-hybridized carbons (Fsp3) is 0.375. The lowest BCUT2D eigenvalue weighted by atomic mass is 10.5. The maximum Gasteiger partial charge on any atom is 0.401 e. The summed E-state index contributed by atoms with van der Waals surface area (Å²) in [5.41, 5.74) is 0.767. The number of nitrogens with zero attached hydrogens (tertiary/aromatic N) is 4. The van der Waals surface area contributed by atoms with Gasteiger partial charge in [-0.25, -0.2) is 0 Å². The van der Waals surface area contributed by atoms with Crippen LogP contribution in [0.3, 0.4) is 0 Å². The van der Waals surface area contributed by atoms with Crippen LogP contribution >= 0.6 is 0 Å². The summed E-state index contributed by atoms with van der Waals surface area (Å²) in [7, 11) is 3.58. The summed E-state index contributed by atoms with van der Waals surface area (Å²) in [6.45, 7) is 0.627. The van der Waals surface area contributed by atoms with E-state index < -0.39 is 0 Å². The Hall–Kier alpha value is -1.89. The van der Waals surface area contributed by atoms with E-state index in [9.17, 15) is 0 Å². The van der Waals surface area contributed by atoms with Gasteiger partial charge >= 0.3 is 12.1 Å². The van der Waals surface area contributed by atoms with Crippen molar-refractivity contribution in [1.29, 1.82) is 0 Å². The number of nitrogens with one attached hydrogen (secondary N) is 1. The first kappa shape index (κ1) is 9.66. The Morgan fingerprint density at radius 2 is 2.47 bits per heavy atom. The molecular formula is C8H11N5O2. The molecule has 2 aromatic heterocycles. The second-order valence-electron chi connectivity index (χ2n) is 2.94. The zero-order valence-corrected chi connectivity index (χ0v) is 8.47.